The molecule has 0 aromatic carbocycles. The van der Waals surface area contributed by atoms with Gasteiger partial charge >= 0.3 is 0 Å². The quantitative estimate of drug-likeness (QED) is 0.103. The number of ether oxygens (including phenoxy) is 2. The Morgan fingerprint density at radius 3 is 1.19 bits per heavy atom. The first kappa shape index (κ1) is 34.6. The van der Waals surface area contributed by atoms with Gasteiger partial charge in [0.1, 0.15) is 48.7 Å². The third-order valence-electron chi connectivity index (χ3n) is 4.37. The van der Waals surface area contributed by atoms with Crippen LogP contribution in [0.3, 0.4) is 0 Å². The molecule has 0 spiro atoms. The van der Waals surface area contributed by atoms with Gasteiger partial charge in [-0.05, 0) is 0 Å². The standard InChI is InChI=1S/2C7H13NO5S2.H3N.Tc/c2*9-1-2-4(10)5(11)3(6(12)13-2)8-7(14)15;;/h2*2-6,9-12H,1H2,(H2,8,14,15);1H3;/p-2/i;;;1+1. The molecule has 1 radical (unpaired) electrons. The Morgan fingerprint density at radius 2 is 0.969 bits per heavy atom. The Labute approximate surface area is 219 Å². The maximum atomic E-state index is 9.59. The molecule has 2 rings (SSSR count). The monoisotopic (exact) mass is 624 g/mol. The van der Waals surface area contributed by atoms with Gasteiger partial charge in [-0.2, -0.15) is 0 Å². The summed E-state index contributed by atoms with van der Waals surface area (Å²) in [6.07, 6.45) is -10.1. The number of aliphatic hydroxyl groups is 8. The second-order valence-corrected chi connectivity index (χ2v) is 8.52. The summed E-state index contributed by atoms with van der Waals surface area (Å²) in [7, 11) is 0. The van der Waals surface area contributed by atoms with Crippen LogP contribution in [0, 0.1) is 0 Å². The van der Waals surface area contributed by atoms with Gasteiger partial charge in [0.15, 0.2) is 12.6 Å². The summed E-state index contributed by atoms with van der Waals surface area (Å²) < 4.78 is 9.63. The minimum atomic E-state index is -1.39. The van der Waals surface area contributed by atoms with E-state index in [2.05, 4.69) is 60.3 Å². The van der Waals surface area contributed by atoms with E-state index in [-0.39, 0.29) is 34.9 Å². The molecular weight excluding hydrogens is 597 g/mol. The molecule has 2 fully saturated rings. The van der Waals surface area contributed by atoms with Crippen molar-refractivity contribution in [2.24, 2.45) is 0 Å². The van der Waals surface area contributed by atoms with Crippen LogP contribution >= 0.6 is 24.4 Å². The van der Waals surface area contributed by atoms with Gasteiger partial charge in [-0.3, -0.25) is 0 Å². The molecule has 0 aromatic heterocycles. The zero-order valence-electron chi connectivity index (χ0n) is 16.3. The topological polar surface area (TPSA) is 239 Å². The molecule has 2 heterocycles. The molecule has 0 amide bonds. The van der Waals surface area contributed by atoms with Crippen LogP contribution in [-0.4, -0.2) is 124 Å². The number of nitrogens with one attached hydrogen (secondary N) is 2. The van der Waals surface area contributed by atoms with Crippen LogP contribution in [0.4, 0.5) is 0 Å². The molecule has 13 nitrogen and oxygen atoms in total. The normalized spacial score (nSPS) is 38.6. The molecule has 0 bridgehead atoms. The second kappa shape index (κ2) is 16.2. The fraction of sp³-hybridized carbons (Fsp3) is 0.857. The van der Waals surface area contributed by atoms with Gasteiger partial charge in [-0.1, -0.05) is 8.64 Å². The molecule has 10 atom stereocenters. The van der Waals surface area contributed by atoms with Crippen LogP contribution in [0.25, 0.3) is 0 Å². The molecule has 18 heteroatoms. The third-order valence-corrected chi connectivity index (χ3v) is 4.84. The van der Waals surface area contributed by atoms with Crippen molar-refractivity contribution in [2.45, 2.75) is 61.3 Å². The Balaban J connectivity index is 0. The molecule has 191 valence electrons. The zero-order chi connectivity index (χ0) is 23.2. The Kier molecular flexibility index (Phi) is 17.5. The van der Waals surface area contributed by atoms with Gasteiger partial charge in [0.2, 0.25) is 0 Å². The van der Waals surface area contributed by atoms with Crippen LogP contribution in [-0.2, 0) is 54.8 Å². The molecular formula is C14H27N3O10S4Tc-2. The van der Waals surface area contributed by atoms with E-state index in [0.29, 0.717) is 0 Å². The summed E-state index contributed by atoms with van der Waals surface area (Å²) in [6.45, 7) is -0.999. The van der Waals surface area contributed by atoms with E-state index in [1.54, 1.807) is 0 Å². The molecule has 0 saturated carbocycles. The predicted molar refractivity (Wildman–Crippen MR) is 119 cm³/mol. The molecule has 13 N–H and O–H groups in total. The van der Waals surface area contributed by atoms with Gasteiger partial charge in [0.05, 0.1) is 13.2 Å². The van der Waals surface area contributed by atoms with Crippen LogP contribution in [0.1, 0.15) is 0 Å². The minimum Gasteiger partial charge on any atom is -0.412 e. The smallest absolute Gasteiger partial charge is 0.178 e. The summed E-state index contributed by atoms with van der Waals surface area (Å²) in [6, 6.07) is -1.99. The summed E-state index contributed by atoms with van der Waals surface area (Å²) >= 11 is 18.3. The average molecular weight is 625 g/mol. The van der Waals surface area contributed by atoms with Crippen molar-refractivity contribution in [3.8, 4) is 0 Å². The Morgan fingerprint density at radius 1 is 0.688 bits per heavy atom. The summed E-state index contributed by atoms with van der Waals surface area (Å²) in [5.74, 6) is 0. The van der Waals surface area contributed by atoms with E-state index in [9.17, 15) is 30.6 Å². The minimum absolute atomic E-state index is 0. The maximum Gasteiger partial charge on any atom is 0.178 e. The van der Waals surface area contributed by atoms with Gasteiger partial charge in [-0.15, -0.1) is 0 Å². The fourth-order valence-electron chi connectivity index (χ4n) is 2.78. The predicted octanol–water partition coefficient (Wildman–Crippen LogP) is -5.43. The zero-order valence-corrected chi connectivity index (χ0v) is 21.4. The first-order valence-corrected chi connectivity index (χ1v) is 10.1. The SMILES string of the molecule is N.OCC1OC(O)C(NC(=S)[S-])C(O)C1O.OCC1OC(O)C(NC(=S)[S-])C(O)C1O.[99Tc]. The van der Waals surface area contributed by atoms with Crippen LogP contribution in [0.2, 0.25) is 0 Å². The van der Waals surface area contributed by atoms with Crippen LogP contribution < -0.4 is 16.8 Å². The molecule has 0 aliphatic carbocycles. The van der Waals surface area contributed by atoms with Crippen molar-refractivity contribution in [2.75, 3.05) is 13.2 Å². The first-order chi connectivity index (χ1) is 13.9. The van der Waals surface area contributed by atoms with Gasteiger partial charge in [0, 0.05) is 20.1 Å². The fourth-order valence-corrected chi connectivity index (χ4v) is 3.32. The number of hydrogen-bond donors (Lipinski definition) is 11. The summed E-state index contributed by atoms with van der Waals surface area (Å²) in [5.41, 5.74) is 0. The van der Waals surface area contributed by atoms with E-state index in [1.165, 1.54) is 0 Å². The van der Waals surface area contributed by atoms with E-state index in [1.807, 2.05) is 0 Å². The number of hydrogen-bond acceptors (Lipinski definition) is 15. The molecule has 0 aromatic rings. The van der Waals surface area contributed by atoms with E-state index < -0.39 is 74.5 Å². The summed E-state index contributed by atoms with van der Waals surface area (Å²) in [4.78, 5) is 0. The maximum absolute atomic E-state index is 9.59. The van der Waals surface area contributed by atoms with Gasteiger partial charge in [-0.25, -0.2) is 0 Å². The van der Waals surface area contributed by atoms with Crippen LogP contribution in [0.5, 0.6) is 0 Å². The number of thiocarbonyl (C=S) groups is 2. The molecule has 2 aliphatic rings. The number of aliphatic hydroxyl groups excluding tert-OH is 8. The Hall–Kier alpha value is 0.429. The van der Waals surface area contributed by atoms with Crippen molar-refractivity contribution in [3.05, 3.63) is 0 Å². The first-order valence-electron chi connectivity index (χ1n) is 8.50. The largest absolute Gasteiger partial charge is 0.412 e. The van der Waals surface area contributed by atoms with Crippen molar-refractivity contribution in [3.63, 3.8) is 0 Å². The van der Waals surface area contributed by atoms with Crippen LogP contribution in [0.15, 0.2) is 0 Å². The van der Waals surface area contributed by atoms with Crippen molar-refractivity contribution in [1.82, 2.24) is 16.8 Å². The van der Waals surface area contributed by atoms with Gasteiger partial charge < -0.3 is 117 Å². The third kappa shape index (κ3) is 9.59. The molecule has 10 unspecified atom stereocenters. The average Bonchev–Trinajstić information content (AvgIpc) is 2.68. The molecule has 2 aliphatic heterocycles. The van der Waals surface area contributed by atoms with Crippen molar-refractivity contribution in [1.29, 1.82) is 0 Å². The molecule has 2 saturated heterocycles. The summed E-state index contributed by atoms with van der Waals surface area (Å²) in [5, 5.41) is 79.5. The van der Waals surface area contributed by atoms with Crippen molar-refractivity contribution >= 4 is 58.3 Å². The second-order valence-electron chi connectivity index (χ2n) is 6.37. The van der Waals surface area contributed by atoms with E-state index >= 15 is 0 Å². The number of rotatable bonds is 4. The Bertz CT molecular complexity index is 541. The van der Waals surface area contributed by atoms with E-state index in [0.717, 1.165) is 0 Å². The molecule has 32 heavy (non-hydrogen) atoms. The van der Waals surface area contributed by atoms with Gasteiger partial charge in [0.25, 0.3) is 0 Å². The van der Waals surface area contributed by atoms with Crippen molar-refractivity contribution < 1.29 is 70.4 Å². The van der Waals surface area contributed by atoms with E-state index in [4.69, 9.17) is 19.7 Å².